The molecule has 2 fully saturated rings. The molecule has 7 heteroatoms. The van der Waals surface area contributed by atoms with Crippen molar-refractivity contribution >= 4 is 40.5 Å². The van der Waals surface area contributed by atoms with Gasteiger partial charge in [-0.1, -0.05) is 62.2 Å². The van der Waals surface area contributed by atoms with E-state index in [1.807, 2.05) is 71.6 Å². The number of nitrogens with one attached hydrogen (secondary N) is 2. The second-order valence-electron chi connectivity index (χ2n) is 10.4. The molecule has 1 saturated heterocycles. The fourth-order valence-corrected chi connectivity index (χ4v) is 5.97. The number of hydrogen-bond acceptors (Lipinski definition) is 4. The lowest BCUT2D eigenvalue weighted by Crippen LogP contribution is -2.48. The first kappa shape index (κ1) is 26.9. The van der Waals surface area contributed by atoms with Gasteiger partial charge in [-0.2, -0.15) is 0 Å². The lowest BCUT2D eigenvalue weighted by atomic mass is 9.78. The van der Waals surface area contributed by atoms with E-state index in [0.29, 0.717) is 18.2 Å². The number of amides is 2. The number of aryl methyl sites for hydroxylation is 1. The predicted molar refractivity (Wildman–Crippen MR) is 161 cm³/mol. The summed E-state index contributed by atoms with van der Waals surface area (Å²) in [7, 11) is 0. The lowest BCUT2D eigenvalue weighted by molar-refractivity contribution is -0.125. The molecule has 5 rings (SSSR count). The third-order valence-electron chi connectivity index (χ3n) is 8.11. The highest BCUT2D eigenvalue weighted by molar-refractivity contribution is 7.80. The second-order valence-corrected chi connectivity index (χ2v) is 10.8. The molecule has 1 aliphatic carbocycles. The van der Waals surface area contributed by atoms with Gasteiger partial charge in [0.1, 0.15) is 0 Å². The number of anilines is 2. The van der Waals surface area contributed by atoms with Crippen LogP contribution in [0.5, 0.6) is 0 Å². The van der Waals surface area contributed by atoms with E-state index >= 15 is 0 Å². The predicted octanol–water partition coefficient (Wildman–Crippen LogP) is 5.54. The van der Waals surface area contributed by atoms with Crippen LogP contribution in [0.1, 0.15) is 54.1 Å². The number of carbonyl (C=O) groups excluding carboxylic acids is 2. The molecule has 0 unspecified atom stereocenters. The largest absolute Gasteiger partial charge is 0.368 e. The van der Waals surface area contributed by atoms with Crippen LogP contribution in [0.15, 0.2) is 78.9 Å². The van der Waals surface area contributed by atoms with Crippen molar-refractivity contribution in [3.8, 4) is 0 Å². The van der Waals surface area contributed by atoms with Gasteiger partial charge >= 0.3 is 0 Å². The molecule has 0 bridgehead atoms. The summed E-state index contributed by atoms with van der Waals surface area (Å²) in [4.78, 5) is 30.5. The third kappa shape index (κ3) is 5.98. The first-order chi connectivity index (χ1) is 19.0. The average molecular weight is 541 g/mol. The fourth-order valence-electron chi connectivity index (χ4n) is 5.76. The molecule has 2 amide bonds. The van der Waals surface area contributed by atoms with Gasteiger partial charge in [0.25, 0.3) is 5.91 Å². The molecule has 202 valence electrons. The average Bonchev–Trinajstić information content (AvgIpc) is 3.49. The van der Waals surface area contributed by atoms with Crippen molar-refractivity contribution in [1.29, 1.82) is 0 Å². The number of benzene rings is 3. The van der Waals surface area contributed by atoms with Crippen molar-refractivity contribution in [2.75, 3.05) is 36.4 Å². The molecule has 0 aromatic heterocycles. The molecule has 0 atom stereocenters. The summed E-state index contributed by atoms with van der Waals surface area (Å²) in [5.74, 6) is 0.0631. The number of nitrogens with zero attached hydrogens (tertiary/aromatic N) is 2. The quantitative estimate of drug-likeness (QED) is 0.402. The molecule has 2 N–H and O–H groups in total. The van der Waals surface area contributed by atoms with Crippen LogP contribution in [0.2, 0.25) is 0 Å². The van der Waals surface area contributed by atoms with Crippen LogP contribution in [-0.2, 0) is 16.6 Å². The first-order valence-corrected chi connectivity index (χ1v) is 14.3. The van der Waals surface area contributed by atoms with Crippen molar-refractivity contribution in [2.24, 2.45) is 0 Å². The summed E-state index contributed by atoms with van der Waals surface area (Å²) in [6, 6.07) is 26.0. The van der Waals surface area contributed by atoms with Gasteiger partial charge < -0.3 is 20.4 Å². The van der Waals surface area contributed by atoms with Crippen molar-refractivity contribution < 1.29 is 9.59 Å². The molecule has 2 aliphatic rings. The van der Waals surface area contributed by atoms with Crippen molar-refractivity contribution in [3.05, 3.63) is 95.6 Å². The zero-order chi connectivity index (χ0) is 27.2. The summed E-state index contributed by atoms with van der Waals surface area (Å²) >= 11 is 5.51. The number of piperazine rings is 1. The Morgan fingerprint density at radius 3 is 2.10 bits per heavy atom. The van der Waals surface area contributed by atoms with E-state index in [9.17, 15) is 9.59 Å². The van der Waals surface area contributed by atoms with Crippen LogP contribution >= 0.6 is 12.2 Å². The molecule has 1 aliphatic heterocycles. The Bertz CT molecular complexity index is 1290. The topological polar surface area (TPSA) is 64.7 Å². The van der Waals surface area contributed by atoms with Crippen molar-refractivity contribution in [2.45, 2.75) is 44.4 Å². The molecule has 1 saturated carbocycles. The number of hydrogen-bond donors (Lipinski definition) is 2. The van der Waals surface area contributed by atoms with Gasteiger partial charge in [0.2, 0.25) is 5.91 Å². The molecular weight excluding hydrogens is 504 g/mol. The normalized spacial score (nSPS) is 16.5. The minimum Gasteiger partial charge on any atom is -0.368 e. The molecule has 3 aromatic carbocycles. The molecule has 3 aromatic rings. The number of carbonyl (C=O) groups is 2. The van der Waals surface area contributed by atoms with Gasteiger partial charge in [-0.3, -0.25) is 9.59 Å². The first-order valence-electron chi connectivity index (χ1n) is 13.9. The van der Waals surface area contributed by atoms with Gasteiger partial charge in [0.05, 0.1) is 5.41 Å². The summed E-state index contributed by atoms with van der Waals surface area (Å²) in [6.07, 6.45) is 4.72. The van der Waals surface area contributed by atoms with Crippen LogP contribution < -0.4 is 15.5 Å². The highest BCUT2D eigenvalue weighted by Gasteiger charge is 2.42. The van der Waals surface area contributed by atoms with Gasteiger partial charge in [-0.15, -0.1) is 0 Å². The Hall–Kier alpha value is -3.71. The highest BCUT2D eigenvalue weighted by Crippen LogP contribution is 2.41. The molecule has 6 nitrogen and oxygen atoms in total. The number of thiocarbonyl (C=S) groups is 1. The van der Waals surface area contributed by atoms with Crippen molar-refractivity contribution in [3.63, 3.8) is 0 Å². The molecular formula is C32H36N4O2S. The Morgan fingerprint density at radius 1 is 0.846 bits per heavy atom. The zero-order valence-electron chi connectivity index (χ0n) is 22.5. The third-order valence-corrected chi connectivity index (χ3v) is 8.32. The van der Waals surface area contributed by atoms with Gasteiger partial charge in [-0.05, 0) is 79.0 Å². The maximum absolute atomic E-state index is 13.3. The number of rotatable bonds is 6. The summed E-state index contributed by atoms with van der Waals surface area (Å²) in [5, 5.41) is 6.44. The van der Waals surface area contributed by atoms with E-state index in [-0.39, 0.29) is 11.8 Å². The lowest BCUT2D eigenvalue weighted by Gasteiger charge is -2.36. The Morgan fingerprint density at radius 2 is 1.49 bits per heavy atom. The van der Waals surface area contributed by atoms with E-state index in [1.54, 1.807) is 0 Å². The highest BCUT2D eigenvalue weighted by atomic mass is 32.1. The fraction of sp³-hybridized carbons (Fsp3) is 0.344. The Balaban J connectivity index is 1.14. The van der Waals surface area contributed by atoms with E-state index < -0.39 is 5.41 Å². The van der Waals surface area contributed by atoms with Crippen LogP contribution in [0.25, 0.3) is 0 Å². The smallest absolute Gasteiger partial charge is 0.253 e. The van der Waals surface area contributed by atoms with Crippen LogP contribution in [0.3, 0.4) is 0 Å². The molecule has 0 radical (unpaired) electrons. The van der Waals surface area contributed by atoms with Gasteiger partial charge in [0.15, 0.2) is 5.11 Å². The molecule has 39 heavy (non-hydrogen) atoms. The molecule has 0 spiro atoms. The van der Waals surface area contributed by atoms with Gasteiger partial charge in [0, 0.05) is 43.1 Å². The van der Waals surface area contributed by atoms with E-state index in [4.69, 9.17) is 12.2 Å². The minimum atomic E-state index is -0.515. The molecule has 1 heterocycles. The zero-order valence-corrected chi connectivity index (χ0v) is 23.3. The maximum atomic E-state index is 13.3. The van der Waals surface area contributed by atoms with E-state index in [1.165, 1.54) is 5.56 Å². The maximum Gasteiger partial charge on any atom is 0.253 e. The van der Waals surface area contributed by atoms with Crippen molar-refractivity contribution in [1.82, 2.24) is 10.2 Å². The van der Waals surface area contributed by atoms with E-state index in [2.05, 4.69) is 34.6 Å². The Labute approximate surface area is 236 Å². The van der Waals surface area contributed by atoms with E-state index in [0.717, 1.165) is 67.7 Å². The second kappa shape index (κ2) is 12.0. The minimum absolute atomic E-state index is 0.0333. The van der Waals surface area contributed by atoms with Crippen LogP contribution in [-0.4, -0.2) is 48.0 Å². The monoisotopic (exact) mass is 540 g/mol. The summed E-state index contributed by atoms with van der Waals surface area (Å²) < 4.78 is 0. The standard InChI is InChI=1S/C32H36N4O2S/c1-2-24-10-12-25(13-11-24)29(37)36-22-20-35(21-23-36)28-16-14-27(15-17-28)33-31(39)34-30(38)32(18-6-7-19-32)26-8-4-3-5-9-26/h3-5,8-17H,2,6-7,18-23H2,1H3,(H2,33,34,38,39). The Kier molecular flexibility index (Phi) is 8.27. The summed E-state index contributed by atoms with van der Waals surface area (Å²) in [5.41, 5.74) is 4.46. The summed E-state index contributed by atoms with van der Waals surface area (Å²) in [6.45, 7) is 5.05. The van der Waals surface area contributed by atoms with Crippen LogP contribution in [0.4, 0.5) is 11.4 Å². The van der Waals surface area contributed by atoms with Gasteiger partial charge in [-0.25, -0.2) is 0 Å². The van der Waals surface area contributed by atoms with Crippen LogP contribution in [0, 0.1) is 0 Å². The SMILES string of the molecule is CCc1ccc(C(=O)N2CCN(c3ccc(NC(=S)NC(=O)C4(c5ccccc5)CCCC4)cc3)CC2)cc1.